The Morgan fingerprint density at radius 3 is 2.75 bits per heavy atom. The third-order valence-electron chi connectivity index (χ3n) is 0.812. The summed E-state index contributed by atoms with van der Waals surface area (Å²) >= 11 is 4.33. The summed E-state index contributed by atoms with van der Waals surface area (Å²) in [6.07, 6.45) is 0. The normalized spacial score (nSPS) is 8.75. The summed E-state index contributed by atoms with van der Waals surface area (Å²) in [5.41, 5.74) is 0. The van der Waals surface area contributed by atoms with Gasteiger partial charge in [-0.2, -0.15) is 0 Å². The summed E-state index contributed by atoms with van der Waals surface area (Å²) in [5.74, 6) is 0. The number of hydrogen-bond donors (Lipinski definition) is 0. The zero-order valence-electron chi connectivity index (χ0n) is 4.03. The zero-order chi connectivity index (χ0) is 5.98. The van der Waals surface area contributed by atoms with Crippen LogP contribution in [0.1, 0.15) is 0 Å². The van der Waals surface area contributed by atoms with Crippen LogP contribution in [0.4, 0.5) is 0 Å². The number of thiophene rings is 1. The Morgan fingerprint density at radius 2 is 2.50 bits per heavy atom. The van der Waals surface area contributed by atoms with Crippen LogP contribution < -0.4 is 3.47 Å². The molecule has 1 aromatic heterocycles. The molecule has 8 heavy (non-hydrogen) atoms. The minimum absolute atomic E-state index is 0.823. The van der Waals surface area contributed by atoms with Crippen LogP contribution in [-0.4, -0.2) is 0 Å². The quantitative estimate of drug-likeness (QED) is 0.682. The molecule has 0 radical (unpaired) electrons. The van der Waals surface area contributed by atoms with E-state index in [9.17, 15) is 0 Å². The number of halogens is 2. The van der Waals surface area contributed by atoms with Crippen molar-refractivity contribution in [1.29, 1.82) is 0 Å². The first-order valence-electron chi connectivity index (χ1n) is 2.12. The maximum atomic E-state index is 5.74. The van der Waals surface area contributed by atoms with Crippen molar-refractivity contribution < 1.29 is 16.1 Å². The van der Waals surface area contributed by atoms with E-state index < -0.39 is 16.1 Å². The SMILES string of the molecule is [Cl][Zn][c]1sccc1Br. The van der Waals surface area contributed by atoms with Crippen LogP contribution in [0.3, 0.4) is 0 Å². The van der Waals surface area contributed by atoms with Crippen LogP contribution in [0, 0.1) is 0 Å². The van der Waals surface area contributed by atoms with E-state index in [4.69, 9.17) is 9.69 Å². The van der Waals surface area contributed by atoms with Gasteiger partial charge in [0.15, 0.2) is 0 Å². The summed E-state index contributed by atoms with van der Waals surface area (Å²) < 4.78 is 2.59. The summed E-state index contributed by atoms with van der Waals surface area (Å²) in [7, 11) is 5.74. The molecule has 0 spiro atoms. The maximum absolute atomic E-state index is 5.74. The molecule has 0 fully saturated rings. The Bertz CT molecular complexity index is 176. The number of rotatable bonds is 1. The fraction of sp³-hybridized carbons (Fsp3) is 0. The monoisotopic (exact) mass is 260 g/mol. The molecule has 1 rings (SSSR count). The van der Waals surface area contributed by atoms with Crippen molar-refractivity contribution in [3.8, 4) is 0 Å². The fourth-order valence-corrected chi connectivity index (χ4v) is 6.43. The molecule has 1 heterocycles. The topological polar surface area (TPSA) is 0 Å². The van der Waals surface area contributed by atoms with Gasteiger partial charge < -0.3 is 0 Å². The molecule has 40 valence electrons. The molecule has 0 aliphatic heterocycles. The van der Waals surface area contributed by atoms with E-state index in [1.54, 1.807) is 11.3 Å². The van der Waals surface area contributed by atoms with Gasteiger partial charge >= 0.3 is 72.5 Å². The Kier molecular flexibility index (Phi) is 2.98. The predicted octanol–water partition coefficient (Wildman–Crippen LogP) is 2.37. The molecule has 0 aromatic carbocycles. The van der Waals surface area contributed by atoms with Gasteiger partial charge in [-0.15, -0.1) is 0 Å². The zero-order valence-corrected chi connectivity index (χ0v) is 10.2. The molecule has 4 heteroatoms. The van der Waals surface area contributed by atoms with Gasteiger partial charge in [0.05, 0.1) is 0 Å². The first kappa shape index (κ1) is 7.20. The van der Waals surface area contributed by atoms with Crippen molar-refractivity contribution in [2.45, 2.75) is 0 Å². The first-order valence-corrected chi connectivity index (χ1v) is 9.18. The van der Waals surface area contributed by atoms with Crippen molar-refractivity contribution in [2.75, 3.05) is 0 Å². The average Bonchev–Trinajstić information content (AvgIpc) is 2.14. The van der Waals surface area contributed by atoms with Crippen molar-refractivity contribution >= 4 is 40.4 Å². The third-order valence-corrected chi connectivity index (χ3v) is 9.00. The van der Waals surface area contributed by atoms with Gasteiger partial charge in [0.2, 0.25) is 0 Å². The number of hydrogen-bond acceptors (Lipinski definition) is 1. The van der Waals surface area contributed by atoms with Gasteiger partial charge in [0, 0.05) is 0 Å². The molecule has 0 unspecified atom stereocenters. The second-order valence-electron chi connectivity index (χ2n) is 1.33. The average molecular weight is 263 g/mol. The van der Waals surface area contributed by atoms with Crippen LogP contribution >= 0.6 is 37.0 Å². The van der Waals surface area contributed by atoms with Gasteiger partial charge in [-0.05, 0) is 0 Å². The fourth-order valence-electron chi connectivity index (χ4n) is 0.420. The molecule has 0 aliphatic carbocycles. The van der Waals surface area contributed by atoms with Gasteiger partial charge in [0.25, 0.3) is 0 Å². The van der Waals surface area contributed by atoms with Crippen LogP contribution in [0.5, 0.6) is 0 Å². The summed E-state index contributed by atoms with van der Waals surface area (Å²) in [6, 6.07) is 2.05. The second-order valence-corrected chi connectivity index (χ2v) is 7.69. The molecule has 0 saturated heterocycles. The Hall–Kier alpha value is 1.09. The Morgan fingerprint density at radius 1 is 1.75 bits per heavy atom. The standard InChI is InChI=1S/C4H2BrS.ClH.Zn/c5-4-1-2-6-3-4;;/h1-2H;1H;/q;;+1/p-1. The molecule has 0 saturated carbocycles. The molecular formula is C4H2BrClSZn. The van der Waals surface area contributed by atoms with Crippen molar-refractivity contribution in [3.05, 3.63) is 15.9 Å². The molecule has 0 N–H and O–H groups in total. The second kappa shape index (κ2) is 3.31. The van der Waals surface area contributed by atoms with E-state index >= 15 is 0 Å². The van der Waals surface area contributed by atoms with E-state index in [0.717, 1.165) is 0 Å². The molecular weight excluding hydrogens is 261 g/mol. The summed E-state index contributed by atoms with van der Waals surface area (Å²) in [6.45, 7) is 0. The molecule has 1 aromatic rings. The molecule has 0 amide bonds. The van der Waals surface area contributed by atoms with Crippen molar-refractivity contribution in [3.63, 3.8) is 0 Å². The van der Waals surface area contributed by atoms with E-state index in [2.05, 4.69) is 21.3 Å². The van der Waals surface area contributed by atoms with Crippen molar-refractivity contribution in [1.82, 2.24) is 0 Å². The predicted molar refractivity (Wildman–Crippen MR) is 37.5 cm³/mol. The van der Waals surface area contributed by atoms with Gasteiger partial charge in [0.1, 0.15) is 0 Å². The molecule has 0 nitrogen and oxygen atoms in total. The minimum atomic E-state index is -0.823. The van der Waals surface area contributed by atoms with E-state index in [1.807, 2.05) is 6.07 Å². The van der Waals surface area contributed by atoms with Gasteiger partial charge in [-0.3, -0.25) is 0 Å². The summed E-state index contributed by atoms with van der Waals surface area (Å²) in [4.78, 5) is 0. The first-order chi connectivity index (χ1) is 3.84. The third kappa shape index (κ3) is 1.54. The van der Waals surface area contributed by atoms with E-state index in [-0.39, 0.29) is 0 Å². The van der Waals surface area contributed by atoms with Gasteiger partial charge in [-0.25, -0.2) is 0 Å². The molecule has 0 aliphatic rings. The van der Waals surface area contributed by atoms with E-state index in [0.29, 0.717) is 0 Å². The Labute approximate surface area is 72.0 Å². The van der Waals surface area contributed by atoms with Crippen LogP contribution in [0.25, 0.3) is 0 Å². The van der Waals surface area contributed by atoms with Crippen LogP contribution in [0.15, 0.2) is 15.9 Å². The van der Waals surface area contributed by atoms with E-state index in [1.165, 1.54) is 7.94 Å². The summed E-state index contributed by atoms with van der Waals surface area (Å²) in [5, 5.41) is 2.06. The molecule has 0 atom stereocenters. The van der Waals surface area contributed by atoms with Gasteiger partial charge in [-0.1, -0.05) is 0 Å². The molecule has 0 bridgehead atoms. The Balaban J connectivity index is 2.92. The van der Waals surface area contributed by atoms with Crippen LogP contribution in [0.2, 0.25) is 0 Å². The van der Waals surface area contributed by atoms with Crippen LogP contribution in [-0.2, 0) is 16.1 Å². The van der Waals surface area contributed by atoms with Crippen molar-refractivity contribution in [2.24, 2.45) is 0 Å².